The molecule has 2 aromatic rings. The van der Waals surface area contributed by atoms with Gasteiger partial charge in [0, 0.05) is 39.1 Å². The fourth-order valence-corrected chi connectivity index (χ4v) is 5.59. The molecule has 2 unspecified atom stereocenters. The lowest BCUT2D eigenvalue weighted by molar-refractivity contribution is -0.141. The summed E-state index contributed by atoms with van der Waals surface area (Å²) in [5, 5.41) is 0. The van der Waals surface area contributed by atoms with Crippen LogP contribution in [-0.2, 0) is 14.4 Å². The summed E-state index contributed by atoms with van der Waals surface area (Å²) < 4.78 is 27.1. The van der Waals surface area contributed by atoms with Crippen molar-refractivity contribution in [1.82, 2.24) is 14.7 Å². The van der Waals surface area contributed by atoms with E-state index in [0.29, 0.717) is 39.0 Å². The normalized spacial score (nSPS) is 22.4. The van der Waals surface area contributed by atoms with Crippen LogP contribution in [0, 0.1) is 23.5 Å². The number of piperazine rings is 1. The topological polar surface area (TPSA) is 60.9 Å². The van der Waals surface area contributed by atoms with Crippen LogP contribution in [0.15, 0.2) is 60.7 Å². The predicted octanol–water partition coefficient (Wildman–Crippen LogP) is 3.54. The van der Waals surface area contributed by atoms with Gasteiger partial charge in [0.1, 0.15) is 11.6 Å². The van der Waals surface area contributed by atoms with E-state index in [9.17, 15) is 23.2 Å². The zero-order chi connectivity index (χ0) is 25.2. The van der Waals surface area contributed by atoms with E-state index in [2.05, 4.69) is 4.90 Å². The third-order valence-electron chi connectivity index (χ3n) is 7.55. The number of imide groups is 1. The summed E-state index contributed by atoms with van der Waals surface area (Å²) in [7, 11) is 0. The smallest absolute Gasteiger partial charge is 0.233 e. The van der Waals surface area contributed by atoms with Crippen molar-refractivity contribution in [1.29, 1.82) is 0 Å². The molecule has 188 valence electrons. The number of carbonyl (C=O) groups is 3. The average molecular weight is 494 g/mol. The Hall–Kier alpha value is -3.39. The Kier molecular flexibility index (Phi) is 6.96. The molecule has 5 rings (SSSR count). The number of hydrogen-bond donors (Lipinski definition) is 0. The summed E-state index contributed by atoms with van der Waals surface area (Å²) in [5.74, 6) is -1.60. The maximum absolute atomic E-state index is 13.6. The Morgan fingerprint density at radius 2 is 1.25 bits per heavy atom. The molecule has 0 radical (unpaired) electrons. The van der Waals surface area contributed by atoms with Gasteiger partial charge in [0.15, 0.2) is 0 Å². The number of benzene rings is 2. The summed E-state index contributed by atoms with van der Waals surface area (Å²) in [6, 6.07) is 12.4. The molecule has 0 bridgehead atoms. The molecule has 0 spiro atoms. The van der Waals surface area contributed by atoms with Gasteiger partial charge in [0.05, 0.1) is 17.9 Å². The Balaban J connectivity index is 1.21. The van der Waals surface area contributed by atoms with Crippen molar-refractivity contribution in [3.05, 3.63) is 83.4 Å². The van der Waals surface area contributed by atoms with E-state index in [4.69, 9.17) is 0 Å². The quantitative estimate of drug-likeness (QED) is 0.456. The minimum atomic E-state index is -0.322. The van der Waals surface area contributed by atoms with Crippen LogP contribution in [0.2, 0.25) is 0 Å². The Morgan fingerprint density at radius 3 is 1.72 bits per heavy atom. The highest BCUT2D eigenvalue weighted by molar-refractivity contribution is 6.05. The molecule has 6 nitrogen and oxygen atoms in total. The van der Waals surface area contributed by atoms with E-state index in [1.165, 1.54) is 29.2 Å². The maximum Gasteiger partial charge on any atom is 0.233 e. The molecule has 2 aromatic carbocycles. The number of halogens is 2. The zero-order valence-electron chi connectivity index (χ0n) is 20.0. The number of likely N-dealkylation sites (tertiary alicyclic amines) is 1. The fourth-order valence-electron chi connectivity index (χ4n) is 5.59. The second kappa shape index (κ2) is 10.3. The minimum absolute atomic E-state index is 0.0802. The standard InChI is InChI=1S/C28H29F2N3O3/c29-21-9-5-19(6-10-21)26(20-7-11-22(30)12-8-20)32-17-15-31(16-18-32)25(34)13-14-33-27(35)23-3-1-2-4-24(23)28(33)36/h1-2,5-12,23-24,26H,3-4,13-18H2. The largest absolute Gasteiger partial charge is 0.340 e. The predicted molar refractivity (Wildman–Crippen MR) is 129 cm³/mol. The van der Waals surface area contributed by atoms with E-state index in [1.807, 2.05) is 12.2 Å². The van der Waals surface area contributed by atoms with Crippen LogP contribution in [0.1, 0.15) is 36.4 Å². The second-order valence-corrected chi connectivity index (χ2v) is 9.66. The fraction of sp³-hybridized carbons (Fsp3) is 0.393. The molecule has 0 saturated carbocycles. The van der Waals surface area contributed by atoms with Crippen LogP contribution >= 0.6 is 0 Å². The number of hydrogen-bond acceptors (Lipinski definition) is 4. The number of carbonyl (C=O) groups excluding carboxylic acids is 3. The molecular weight excluding hydrogens is 464 g/mol. The van der Waals surface area contributed by atoms with Gasteiger partial charge in [-0.05, 0) is 48.2 Å². The van der Waals surface area contributed by atoms with Crippen molar-refractivity contribution in [2.24, 2.45) is 11.8 Å². The van der Waals surface area contributed by atoms with Crippen molar-refractivity contribution in [3.8, 4) is 0 Å². The van der Waals surface area contributed by atoms with Gasteiger partial charge in [0.2, 0.25) is 17.7 Å². The molecule has 0 N–H and O–H groups in total. The van der Waals surface area contributed by atoms with Gasteiger partial charge in [-0.15, -0.1) is 0 Å². The van der Waals surface area contributed by atoms with Crippen LogP contribution in [0.5, 0.6) is 0 Å². The van der Waals surface area contributed by atoms with Crippen molar-refractivity contribution in [2.75, 3.05) is 32.7 Å². The molecule has 0 aromatic heterocycles. The molecule has 2 saturated heterocycles. The summed E-state index contributed by atoms with van der Waals surface area (Å²) >= 11 is 0. The Labute approximate surface area is 209 Å². The molecule has 2 heterocycles. The summed E-state index contributed by atoms with van der Waals surface area (Å²) in [5.41, 5.74) is 1.79. The highest BCUT2D eigenvalue weighted by Crippen LogP contribution is 2.35. The summed E-state index contributed by atoms with van der Waals surface area (Å²) in [4.78, 5) is 43.5. The van der Waals surface area contributed by atoms with Crippen LogP contribution < -0.4 is 0 Å². The molecule has 8 heteroatoms. The molecule has 2 aliphatic heterocycles. The lowest BCUT2D eigenvalue weighted by atomic mass is 9.85. The molecule has 3 aliphatic rings. The molecule has 2 atom stereocenters. The van der Waals surface area contributed by atoms with Gasteiger partial charge in [-0.3, -0.25) is 24.2 Å². The molecule has 3 amide bonds. The third-order valence-corrected chi connectivity index (χ3v) is 7.55. The van der Waals surface area contributed by atoms with Crippen molar-refractivity contribution in [3.63, 3.8) is 0 Å². The first-order valence-corrected chi connectivity index (χ1v) is 12.5. The van der Waals surface area contributed by atoms with Crippen molar-refractivity contribution < 1.29 is 23.2 Å². The second-order valence-electron chi connectivity index (χ2n) is 9.66. The van der Waals surface area contributed by atoms with Crippen LogP contribution in [-0.4, -0.2) is 65.1 Å². The van der Waals surface area contributed by atoms with E-state index in [1.54, 1.807) is 29.2 Å². The highest BCUT2D eigenvalue weighted by Gasteiger charge is 2.47. The van der Waals surface area contributed by atoms with E-state index in [0.717, 1.165) is 11.1 Å². The highest BCUT2D eigenvalue weighted by atomic mass is 19.1. The first kappa shape index (κ1) is 24.3. The van der Waals surface area contributed by atoms with E-state index < -0.39 is 0 Å². The lowest BCUT2D eigenvalue weighted by Crippen LogP contribution is -2.50. The molecule has 1 aliphatic carbocycles. The van der Waals surface area contributed by atoms with Gasteiger partial charge in [-0.1, -0.05) is 36.4 Å². The Bertz CT molecular complexity index is 1090. The van der Waals surface area contributed by atoms with Gasteiger partial charge in [-0.25, -0.2) is 8.78 Å². The van der Waals surface area contributed by atoms with Crippen LogP contribution in [0.25, 0.3) is 0 Å². The van der Waals surface area contributed by atoms with Crippen LogP contribution in [0.4, 0.5) is 8.78 Å². The van der Waals surface area contributed by atoms with Crippen LogP contribution in [0.3, 0.4) is 0 Å². The minimum Gasteiger partial charge on any atom is -0.340 e. The van der Waals surface area contributed by atoms with Crippen molar-refractivity contribution >= 4 is 17.7 Å². The number of allylic oxidation sites excluding steroid dienone is 2. The van der Waals surface area contributed by atoms with E-state index in [-0.39, 0.29) is 60.2 Å². The summed E-state index contributed by atoms with van der Waals surface area (Å²) in [6.45, 7) is 2.28. The van der Waals surface area contributed by atoms with Gasteiger partial charge in [-0.2, -0.15) is 0 Å². The molecule has 36 heavy (non-hydrogen) atoms. The number of nitrogens with zero attached hydrogens (tertiary/aromatic N) is 3. The van der Waals surface area contributed by atoms with Gasteiger partial charge >= 0.3 is 0 Å². The van der Waals surface area contributed by atoms with Crippen molar-refractivity contribution in [2.45, 2.75) is 25.3 Å². The van der Waals surface area contributed by atoms with Gasteiger partial charge in [0.25, 0.3) is 0 Å². The lowest BCUT2D eigenvalue weighted by Gasteiger charge is -2.40. The number of rotatable bonds is 6. The first-order chi connectivity index (χ1) is 17.4. The maximum atomic E-state index is 13.6. The summed E-state index contributed by atoms with van der Waals surface area (Å²) in [6.07, 6.45) is 5.19. The SMILES string of the molecule is O=C(CCN1C(=O)C2CC=CCC2C1=O)N1CCN(C(c2ccc(F)cc2)c2ccc(F)cc2)CC1. The third kappa shape index (κ3) is 4.82. The monoisotopic (exact) mass is 493 g/mol. The van der Waals surface area contributed by atoms with Gasteiger partial charge < -0.3 is 4.90 Å². The average Bonchev–Trinajstić information content (AvgIpc) is 3.15. The van der Waals surface area contributed by atoms with E-state index >= 15 is 0 Å². The number of fused-ring (bicyclic) bond motifs is 1. The zero-order valence-corrected chi connectivity index (χ0v) is 20.0. The molecule has 2 fully saturated rings. The Morgan fingerprint density at radius 1 is 0.778 bits per heavy atom. The molecular formula is C28H29F2N3O3. The first-order valence-electron chi connectivity index (χ1n) is 12.5. The number of amides is 3.